The molecule has 0 saturated heterocycles. The lowest BCUT2D eigenvalue weighted by atomic mass is 10.1. The number of carboxylic acids is 1. The normalized spacial score (nSPS) is 10.9. The molecule has 114 valence electrons. The molecule has 0 aromatic heterocycles. The van der Waals surface area contributed by atoms with Crippen molar-refractivity contribution in [3.63, 3.8) is 0 Å². The van der Waals surface area contributed by atoms with E-state index in [0.717, 1.165) is 0 Å². The van der Waals surface area contributed by atoms with Gasteiger partial charge in [0.05, 0.1) is 11.3 Å². The number of halogens is 1. The van der Waals surface area contributed by atoms with Gasteiger partial charge in [-0.2, -0.15) is 0 Å². The largest absolute Gasteiger partial charge is 0.478 e. The zero-order valence-corrected chi connectivity index (χ0v) is 13.9. The van der Waals surface area contributed by atoms with Crippen LogP contribution in [0.15, 0.2) is 35.3 Å². The number of hydrogen-bond donors (Lipinski definition) is 2. The Hall–Kier alpha value is -1.82. The van der Waals surface area contributed by atoms with Crippen molar-refractivity contribution in [3.8, 4) is 0 Å². The standard InChI is InChI=1S/C15H19BrN2O3/c1-5-8-18(15(2,3)4)14(21)17-12-7-6-10(13(19)20)9-11(12)16/h5-7,9H,1,8H2,2-4H3,(H,17,21)(H,19,20). The van der Waals surface area contributed by atoms with Gasteiger partial charge >= 0.3 is 12.0 Å². The van der Waals surface area contributed by atoms with Gasteiger partial charge in [-0.3, -0.25) is 0 Å². The van der Waals surface area contributed by atoms with E-state index >= 15 is 0 Å². The predicted molar refractivity (Wildman–Crippen MR) is 86.8 cm³/mol. The molecule has 2 amide bonds. The summed E-state index contributed by atoms with van der Waals surface area (Å²) in [5, 5.41) is 11.7. The molecule has 0 fully saturated rings. The van der Waals surface area contributed by atoms with Crippen molar-refractivity contribution in [1.29, 1.82) is 0 Å². The van der Waals surface area contributed by atoms with Crippen LogP contribution in [0.2, 0.25) is 0 Å². The van der Waals surface area contributed by atoms with E-state index in [4.69, 9.17) is 5.11 Å². The van der Waals surface area contributed by atoms with Crippen molar-refractivity contribution in [2.75, 3.05) is 11.9 Å². The molecule has 1 aromatic carbocycles. The van der Waals surface area contributed by atoms with E-state index in [1.165, 1.54) is 12.1 Å². The number of carbonyl (C=O) groups is 2. The van der Waals surface area contributed by atoms with Crippen LogP contribution in [0.25, 0.3) is 0 Å². The number of urea groups is 1. The second kappa shape index (κ2) is 6.76. The van der Waals surface area contributed by atoms with E-state index in [9.17, 15) is 9.59 Å². The van der Waals surface area contributed by atoms with Gasteiger partial charge in [0.1, 0.15) is 0 Å². The summed E-state index contributed by atoms with van der Waals surface area (Å²) < 4.78 is 0.517. The highest BCUT2D eigenvalue weighted by atomic mass is 79.9. The Balaban J connectivity index is 2.96. The van der Waals surface area contributed by atoms with E-state index in [1.54, 1.807) is 17.0 Å². The van der Waals surface area contributed by atoms with Gasteiger partial charge in [-0.05, 0) is 54.9 Å². The third-order valence-corrected chi connectivity index (χ3v) is 3.48. The Kier molecular flexibility index (Phi) is 5.54. The van der Waals surface area contributed by atoms with E-state index in [-0.39, 0.29) is 17.1 Å². The first-order valence-corrected chi connectivity index (χ1v) is 7.18. The van der Waals surface area contributed by atoms with Gasteiger partial charge in [0, 0.05) is 16.6 Å². The fourth-order valence-corrected chi connectivity index (χ4v) is 2.20. The van der Waals surface area contributed by atoms with Gasteiger partial charge in [-0.1, -0.05) is 6.08 Å². The molecule has 21 heavy (non-hydrogen) atoms. The van der Waals surface area contributed by atoms with Gasteiger partial charge in [-0.25, -0.2) is 9.59 Å². The maximum absolute atomic E-state index is 12.4. The number of amides is 2. The summed E-state index contributed by atoms with van der Waals surface area (Å²) >= 11 is 3.27. The molecule has 0 saturated carbocycles. The van der Waals surface area contributed by atoms with Crippen LogP contribution in [-0.2, 0) is 0 Å². The first kappa shape index (κ1) is 17.2. The minimum atomic E-state index is -1.02. The van der Waals surface area contributed by atoms with Crippen LogP contribution in [0, 0.1) is 0 Å². The lowest BCUT2D eigenvalue weighted by Gasteiger charge is -2.34. The number of carboxylic acid groups (broad SMARTS) is 1. The van der Waals surface area contributed by atoms with Gasteiger partial charge in [-0.15, -0.1) is 6.58 Å². The van der Waals surface area contributed by atoms with Crippen LogP contribution < -0.4 is 5.32 Å². The molecule has 0 aliphatic carbocycles. The van der Waals surface area contributed by atoms with E-state index in [1.807, 2.05) is 20.8 Å². The maximum Gasteiger partial charge on any atom is 0.335 e. The third-order valence-electron chi connectivity index (χ3n) is 2.82. The monoisotopic (exact) mass is 354 g/mol. The fraction of sp³-hybridized carbons (Fsp3) is 0.333. The molecule has 5 nitrogen and oxygen atoms in total. The number of benzene rings is 1. The van der Waals surface area contributed by atoms with Crippen molar-refractivity contribution < 1.29 is 14.7 Å². The number of aromatic carboxylic acids is 1. The lowest BCUT2D eigenvalue weighted by molar-refractivity contribution is 0.0697. The van der Waals surface area contributed by atoms with Gasteiger partial charge in [0.15, 0.2) is 0 Å². The average Bonchev–Trinajstić information content (AvgIpc) is 2.36. The summed E-state index contributed by atoms with van der Waals surface area (Å²) in [4.78, 5) is 24.9. The smallest absolute Gasteiger partial charge is 0.335 e. The quantitative estimate of drug-likeness (QED) is 0.803. The molecule has 1 rings (SSSR count). The Morgan fingerprint density at radius 3 is 2.48 bits per heavy atom. The highest BCUT2D eigenvalue weighted by Gasteiger charge is 2.25. The Labute approximate surface area is 132 Å². The molecule has 0 aliphatic heterocycles. The molecule has 0 spiro atoms. The van der Waals surface area contributed by atoms with Crippen molar-refractivity contribution in [2.45, 2.75) is 26.3 Å². The average molecular weight is 355 g/mol. The van der Waals surface area contributed by atoms with Gasteiger partial charge in [0.25, 0.3) is 0 Å². The molecule has 2 N–H and O–H groups in total. The molecule has 0 bridgehead atoms. The number of rotatable bonds is 4. The molecular formula is C15H19BrN2O3. The predicted octanol–water partition coefficient (Wildman–Crippen LogP) is 3.97. The molecular weight excluding hydrogens is 336 g/mol. The summed E-state index contributed by atoms with van der Waals surface area (Å²) in [6, 6.07) is 4.18. The third kappa shape index (κ3) is 4.60. The first-order chi connectivity index (χ1) is 9.66. The van der Waals surface area contributed by atoms with Crippen LogP contribution in [-0.4, -0.2) is 34.1 Å². The summed E-state index contributed by atoms with van der Waals surface area (Å²) in [6.07, 6.45) is 1.66. The number of carbonyl (C=O) groups excluding carboxylic acids is 1. The van der Waals surface area contributed by atoms with Gasteiger partial charge in [0.2, 0.25) is 0 Å². The molecule has 0 aliphatic rings. The van der Waals surface area contributed by atoms with Crippen molar-refractivity contribution >= 4 is 33.6 Å². The minimum absolute atomic E-state index is 0.152. The lowest BCUT2D eigenvalue weighted by Crippen LogP contribution is -2.47. The minimum Gasteiger partial charge on any atom is -0.478 e. The van der Waals surface area contributed by atoms with Crippen LogP contribution >= 0.6 is 15.9 Å². The summed E-state index contributed by atoms with van der Waals surface area (Å²) in [5.74, 6) is -1.02. The van der Waals surface area contributed by atoms with Crippen molar-refractivity contribution in [2.24, 2.45) is 0 Å². The Morgan fingerprint density at radius 1 is 1.43 bits per heavy atom. The zero-order chi connectivity index (χ0) is 16.2. The Bertz CT molecular complexity index is 565. The number of nitrogens with one attached hydrogen (secondary N) is 1. The number of hydrogen-bond acceptors (Lipinski definition) is 2. The molecule has 1 aromatic rings. The van der Waals surface area contributed by atoms with Crippen LogP contribution in [0.4, 0.5) is 10.5 Å². The molecule has 0 radical (unpaired) electrons. The van der Waals surface area contributed by atoms with Crippen LogP contribution in [0.5, 0.6) is 0 Å². The second-order valence-electron chi connectivity index (χ2n) is 5.50. The van der Waals surface area contributed by atoms with Crippen molar-refractivity contribution in [3.05, 3.63) is 40.9 Å². The Morgan fingerprint density at radius 2 is 2.05 bits per heavy atom. The van der Waals surface area contributed by atoms with E-state index < -0.39 is 5.97 Å². The van der Waals surface area contributed by atoms with E-state index in [2.05, 4.69) is 27.8 Å². The number of nitrogens with zero attached hydrogens (tertiary/aromatic N) is 1. The highest BCUT2D eigenvalue weighted by molar-refractivity contribution is 9.10. The summed E-state index contributed by atoms with van der Waals surface area (Å²) in [5.41, 5.74) is 0.313. The summed E-state index contributed by atoms with van der Waals surface area (Å²) in [6.45, 7) is 9.86. The first-order valence-electron chi connectivity index (χ1n) is 6.39. The van der Waals surface area contributed by atoms with Crippen LogP contribution in [0.3, 0.4) is 0 Å². The fourth-order valence-electron chi connectivity index (χ4n) is 1.72. The van der Waals surface area contributed by atoms with E-state index in [0.29, 0.717) is 16.7 Å². The topological polar surface area (TPSA) is 69.6 Å². The molecule has 0 unspecified atom stereocenters. The zero-order valence-electron chi connectivity index (χ0n) is 12.3. The van der Waals surface area contributed by atoms with Gasteiger partial charge < -0.3 is 15.3 Å². The second-order valence-corrected chi connectivity index (χ2v) is 6.35. The molecule has 0 atom stereocenters. The highest BCUT2D eigenvalue weighted by Crippen LogP contribution is 2.25. The SMILES string of the molecule is C=CCN(C(=O)Nc1ccc(C(=O)O)cc1Br)C(C)(C)C. The van der Waals surface area contributed by atoms with Crippen LogP contribution in [0.1, 0.15) is 31.1 Å². The summed E-state index contributed by atoms with van der Waals surface area (Å²) in [7, 11) is 0. The molecule has 6 heteroatoms. The number of anilines is 1. The van der Waals surface area contributed by atoms with Crippen molar-refractivity contribution in [1.82, 2.24) is 4.90 Å². The maximum atomic E-state index is 12.4. The molecule has 0 heterocycles.